The lowest BCUT2D eigenvalue weighted by Gasteiger charge is -2.02. The Labute approximate surface area is 119 Å². The third kappa shape index (κ3) is 2.23. The second-order valence-electron chi connectivity index (χ2n) is 4.19. The molecule has 0 saturated heterocycles. The van der Waals surface area contributed by atoms with Crippen LogP contribution in [0.1, 0.15) is 0 Å². The normalized spacial score (nSPS) is 10.7. The Morgan fingerprint density at radius 3 is 2.75 bits per heavy atom. The second kappa shape index (κ2) is 4.94. The summed E-state index contributed by atoms with van der Waals surface area (Å²) in [5, 5.41) is 4.63. The maximum absolute atomic E-state index is 13.1. The first-order valence-electron chi connectivity index (χ1n) is 5.87. The molecule has 6 heteroatoms. The number of aromatic nitrogens is 3. The van der Waals surface area contributed by atoms with Gasteiger partial charge in [0.2, 0.25) is 0 Å². The molecule has 1 aromatic carbocycles. The highest BCUT2D eigenvalue weighted by Crippen LogP contribution is 2.31. The number of nitrogens with zero attached hydrogens (tertiary/aromatic N) is 3. The lowest BCUT2D eigenvalue weighted by molar-refractivity contribution is 0.628. The van der Waals surface area contributed by atoms with Gasteiger partial charge in [-0.3, -0.25) is 0 Å². The molecule has 0 bridgehead atoms. The van der Waals surface area contributed by atoms with E-state index < -0.39 is 5.82 Å². The average Bonchev–Trinajstić information content (AvgIpc) is 2.82. The van der Waals surface area contributed by atoms with Crippen molar-refractivity contribution >= 4 is 17.3 Å². The van der Waals surface area contributed by atoms with E-state index in [2.05, 4.69) is 10.1 Å². The largest absolute Gasteiger partial charge is 0.396 e. The van der Waals surface area contributed by atoms with Crippen molar-refractivity contribution in [2.45, 2.75) is 0 Å². The summed E-state index contributed by atoms with van der Waals surface area (Å²) in [5.74, 6) is 0.241. The number of nitrogen functional groups attached to an aromatic ring is 1. The molecule has 2 aromatic heterocycles. The van der Waals surface area contributed by atoms with E-state index in [9.17, 15) is 4.39 Å². The SMILES string of the molecule is Nc1cn(-c2ccccn2)nc1-c1ccc(F)cc1Cl. The summed E-state index contributed by atoms with van der Waals surface area (Å²) in [4.78, 5) is 4.19. The Bertz CT molecular complexity index is 755. The van der Waals surface area contributed by atoms with Gasteiger partial charge in [-0.25, -0.2) is 14.1 Å². The summed E-state index contributed by atoms with van der Waals surface area (Å²) >= 11 is 6.03. The first kappa shape index (κ1) is 12.6. The molecule has 0 aliphatic carbocycles. The minimum absolute atomic E-state index is 0.267. The van der Waals surface area contributed by atoms with Crippen molar-refractivity contribution in [3.63, 3.8) is 0 Å². The third-order valence-electron chi connectivity index (χ3n) is 2.81. The monoisotopic (exact) mass is 288 g/mol. The molecule has 4 nitrogen and oxygen atoms in total. The number of nitrogens with two attached hydrogens (primary N) is 1. The molecule has 3 rings (SSSR count). The minimum Gasteiger partial charge on any atom is -0.396 e. The summed E-state index contributed by atoms with van der Waals surface area (Å²) in [6.07, 6.45) is 3.31. The van der Waals surface area contributed by atoms with Gasteiger partial charge in [-0.15, -0.1) is 0 Å². The van der Waals surface area contributed by atoms with Crippen LogP contribution in [-0.4, -0.2) is 14.8 Å². The molecule has 100 valence electrons. The standard InChI is InChI=1S/C14H10ClFN4/c15-11-7-9(16)4-5-10(11)14-12(17)8-20(19-14)13-3-1-2-6-18-13/h1-8H,17H2. The summed E-state index contributed by atoms with van der Waals surface area (Å²) in [6, 6.07) is 9.58. The molecule has 0 fully saturated rings. The number of benzene rings is 1. The van der Waals surface area contributed by atoms with Crippen molar-refractivity contribution in [2.24, 2.45) is 0 Å². The van der Waals surface area contributed by atoms with E-state index in [0.717, 1.165) is 0 Å². The van der Waals surface area contributed by atoms with E-state index >= 15 is 0 Å². The molecule has 0 amide bonds. The Hall–Kier alpha value is -2.40. The molecular weight excluding hydrogens is 279 g/mol. The summed E-state index contributed by atoms with van der Waals surface area (Å²) in [7, 11) is 0. The summed E-state index contributed by atoms with van der Waals surface area (Å²) < 4.78 is 14.6. The number of hydrogen-bond acceptors (Lipinski definition) is 3. The highest BCUT2D eigenvalue weighted by molar-refractivity contribution is 6.33. The molecule has 20 heavy (non-hydrogen) atoms. The lowest BCUT2D eigenvalue weighted by atomic mass is 10.1. The van der Waals surface area contributed by atoms with Gasteiger partial charge in [-0.2, -0.15) is 5.10 Å². The Balaban J connectivity index is 2.10. The second-order valence-corrected chi connectivity index (χ2v) is 4.60. The topological polar surface area (TPSA) is 56.7 Å². The van der Waals surface area contributed by atoms with Crippen molar-refractivity contribution in [1.29, 1.82) is 0 Å². The van der Waals surface area contributed by atoms with Gasteiger partial charge in [0.15, 0.2) is 5.82 Å². The van der Waals surface area contributed by atoms with E-state index in [1.54, 1.807) is 23.1 Å². The van der Waals surface area contributed by atoms with E-state index in [4.69, 9.17) is 17.3 Å². The van der Waals surface area contributed by atoms with E-state index in [1.807, 2.05) is 18.2 Å². The minimum atomic E-state index is -0.401. The van der Waals surface area contributed by atoms with Crippen molar-refractivity contribution in [3.8, 4) is 17.1 Å². The maximum atomic E-state index is 13.1. The average molecular weight is 289 g/mol. The number of hydrogen-bond donors (Lipinski definition) is 1. The van der Waals surface area contributed by atoms with Crippen molar-refractivity contribution < 1.29 is 4.39 Å². The predicted molar refractivity (Wildman–Crippen MR) is 76.2 cm³/mol. The first-order valence-corrected chi connectivity index (χ1v) is 6.25. The summed E-state index contributed by atoms with van der Waals surface area (Å²) in [6.45, 7) is 0. The Morgan fingerprint density at radius 2 is 2.05 bits per heavy atom. The van der Waals surface area contributed by atoms with Crippen molar-refractivity contribution in [1.82, 2.24) is 14.8 Å². The van der Waals surface area contributed by atoms with Crippen LogP contribution in [0.25, 0.3) is 17.1 Å². The van der Waals surface area contributed by atoms with Gasteiger partial charge in [0.25, 0.3) is 0 Å². The molecular formula is C14H10ClFN4. The van der Waals surface area contributed by atoms with Gasteiger partial charge in [0.1, 0.15) is 11.5 Å². The molecule has 2 heterocycles. The van der Waals surface area contributed by atoms with Gasteiger partial charge in [0.05, 0.1) is 16.9 Å². The molecule has 0 unspecified atom stereocenters. The summed E-state index contributed by atoms with van der Waals surface area (Å²) in [5.41, 5.74) is 7.49. The molecule has 0 aliphatic rings. The predicted octanol–water partition coefficient (Wildman–Crippen LogP) is 3.31. The fraction of sp³-hybridized carbons (Fsp3) is 0. The van der Waals surface area contributed by atoms with Crippen LogP contribution in [0.3, 0.4) is 0 Å². The fourth-order valence-electron chi connectivity index (χ4n) is 1.88. The van der Waals surface area contributed by atoms with Crippen molar-refractivity contribution in [3.05, 3.63) is 59.6 Å². The molecule has 0 saturated carbocycles. The third-order valence-corrected chi connectivity index (χ3v) is 3.13. The molecule has 2 N–H and O–H groups in total. The van der Waals surface area contributed by atoms with Gasteiger partial charge in [0, 0.05) is 11.8 Å². The maximum Gasteiger partial charge on any atom is 0.153 e. The molecule has 0 aliphatic heterocycles. The smallest absolute Gasteiger partial charge is 0.153 e. The number of rotatable bonds is 2. The van der Waals surface area contributed by atoms with Crippen molar-refractivity contribution in [2.75, 3.05) is 5.73 Å². The van der Waals surface area contributed by atoms with E-state index in [-0.39, 0.29) is 5.02 Å². The number of pyridine rings is 1. The van der Waals surface area contributed by atoms with Gasteiger partial charge in [-0.05, 0) is 30.3 Å². The number of halogens is 2. The quantitative estimate of drug-likeness (QED) is 0.787. The lowest BCUT2D eigenvalue weighted by Crippen LogP contribution is -1.97. The first-order chi connectivity index (χ1) is 9.65. The zero-order valence-electron chi connectivity index (χ0n) is 10.3. The molecule has 0 atom stereocenters. The van der Waals surface area contributed by atoms with Gasteiger partial charge in [-0.1, -0.05) is 17.7 Å². The highest BCUT2D eigenvalue weighted by Gasteiger charge is 2.13. The Morgan fingerprint density at radius 1 is 1.20 bits per heavy atom. The number of anilines is 1. The van der Waals surface area contributed by atoms with Crippen LogP contribution in [0.5, 0.6) is 0 Å². The molecule has 3 aromatic rings. The molecule has 0 radical (unpaired) electrons. The van der Waals surface area contributed by atoms with Crippen LogP contribution in [0.4, 0.5) is 10.1 Å². The van der Waals surface area contributed by atoms with E-state index in [0.29, 0.717) is 22.8 Å². The van der Waals surface area contributed by atoms with Gasteiger partial charge >= 0.3 is 0 Å². The van der Waals surface area contributed by atoms with Crippen LogP contribution in [0.2, 0.25) is 5.02 Å². The van der Waals surface area contributed by atoms with E-state index in [1.165, 1.54) is 12.1 Å². The van der Waals surface area contributed by atoms with Crippen LogP contribution >= 0.6 is 11.6 Å². The van der Waals surface area contributed by atoms with Gasteiger partial charge < -0.3 is 5.73 Å². The fourth-order valence-corrected chi connectivity index (χ4v) is 2.14. The zero-order valence-corrected chi connectivity index (χ0v) is 11.0. The molecule has 0 spiro atoms. The highest BCUT2D eigenvalue weighted by atomic mass is 35.5. The van der Waals surface area contributed by atoms with Crippen LogP contribution in [0, 0.1) is 5.82 Å². The zero-order chi connectivity index (χ0) is 14.1. The Kier molecular flexibility index (Phi) is 3.12. The van der Waals surface area contributed by atoms with Crippen LogP contribution in [0.15, 0.2) is 48.8 Å². The van der Waals surface area contributed by atoms with Crippen LogP contribution < -0.4 is 5.73 Å². The van der Waals surface area contributed by atoms with Crippen LogP contribution in [-0.2, 0) is 0 Å².